The molecule has 0 saturated heterocycles. The Hall–Kier alpha value is -1.64. The number of hydrogen-bond donors (Lipinski definition) is 0. The normalized spacial score (nSPS) is 10.5. The SMILES string of the molecule is CCCCN(C)C(=O)C(=O)C(C)(C)CC.CCc1ccccc1. The summed E-state index contributed by atoms with van der Waals surface area (Å²) >= 11 is 0. The average Bonchev–Trinajstić information content (AvgIpc) is 2.59. The first-order valence-electron chi connectivity index (χ1n) is 8.63. The number of nitrogens with zero attached hydrogens (tertiary/aromatic N) is 1. The van der Waals surface area contributed by atoms with Crippen molar-refractivity contribution in [3.05, 3.63) is 35.9 Å². The lowest BCUT2D eigenvalue weighted by Crippen LogP contribution is -2.41. The molecule has 0 saturated carbocycles. The van der Waals surface area contributed by atoms with Crippen LogP contribution in [0.15, 0.2) is 30.3 Å². The summed E-state index contributed by atoms with van der Waals surface area (Å²) in [5, 5.41) is 0. The van der Waals surface area contributed by atoms with Gasteiger partial charge in [-0.1, -0.05) is 71.4 Å². The highest BCUT2D eigenvalue weighted by atomic mass is 16.2. The second kappa shape index (κ2) is 11.0. The van der Waals surface area contributed by atoms with Crippen LogP contribution in [0.25, 0.3) is 0 Å². The van der Waals surface area contributed by atoms with E-state index in [2.05, 4.69) is 38.1 Å². The minimum Gasteiger partial charge on any atom is -0.339 e. The molecule has 0 unspecified atom stereocenters. The van der Waals surface area contributed by atoms with Gasteiger partial charge in [0, 0.05) is 19.0 Å². The monoisotopic (exact) mass is 319 g/mol. The largest absolute Gasteiger partial charge is 0.339 e. The van der Waals surface area contributed by atoms with Gasteiger partial charge in [0.25, 0.3) is 5.91 Å². The van der Waals surface area contributed by atoms with Gasteiger partial charge in [-0.2, -0.15) is 0 Å². The Morgan fingerprint density at radius 1 is 1.04 bits per heavy atom. The van der Waals surface area contributed by atoms with E-state index >= 15 is 0 Å². The Labute approximate surface area is 142 Å². The minimum absolute atomic E-state index is 0.274. The molecule has 0 N–H and O–H groups in total. The van der Waals surface area contributed by atoms with Gasteiger partial charge in [0.1, 0.15) is 0 Å². The van der Waals surface area contributed by atoms with Gasteiger partial charge in [0.15, 0.2) is 0 Å². The van der Waals surface area contributed by atoms with Crippen molar-refractivity contribution in [3.63, 3.8) is 0 Å². The van der Waals surface area contributed by atoms with Crippen LogP contribution >= 0.6 is 0 Å². The highest BCUT2D eigenvalue weighted by Crippen LogP contribution is 2.21. The zero-order chi connectivity index (χ0) is 17.9. The maximum absolute atomic E-state index is 11.8. The Kier molecular flexibility index (Phi) is 10.2. The van der Waals surface area contributed by atoms with Gasteiger partial charge in [-0.25, -0.2) is 0 Å². The number of hydrogen-bond acceptors (Lipinski definition) is 2. The van der Waals surface area contributed by atoms with Crippen molar-refractivity contribution < 1.29 is 9.59 Å². The predicted octanol–water partition coefficient (Wildman–Crippen LogP) is 4.50. The lowest BCUT2D eigenvalue weighted by atomic mass is 9.84. The average molecular weight is 319 g/mol. The first kappa shape index (κ1) is 21.4. The van der Waals surface area contributed by atoms with Gasteiger partial charge in [0.2, 0.25) is 5.78 Å². The topological polar surface area (TPSA) is 37.4 Å². The number of carbonyl (C=O) groups is 2. The molecule has 1 rings (SSSR count). The highest BCUT2D eigenvalue weighted by molar-refractivity contribution is 6.37. The first-order valence-corrected chi connectivity index (χ1v) is 8.63. The summed E-state index contributed by atoms with van der Waals surface area (Å²) in [6, 6.07) is 10.5. The maximum Gasteiger partial charge on any atom is 0.290 e. The second-order valence-electron chi connectivity index (χ2n) is 6.49. The van der Waals surface area contributed by atoms with Crippen LogP contribution in [0.1, 0.15) is 59.4 Å². The van der Waals surface area contributed by atoms with Gasteiger partial charge in [0.05, 0.1) is 0 Å². The molecule has 0 aliphatic rings. The summed E-state index contributed by atoms with van der Waals surface area (Å²) in [4.78, 5) is 25.1. The van der Waals surface area contributed by atoms with Gasteiger partial charge >= 0.3 is 0 Å². The third kappa shape index (κ3) is 7.96. The molecule has 3 heteroatoms. The van der Waals surface area contributed by atoms with E-state index in [0.717, 1.165) is 19.3 Å². The minimum atomic E-state index is -0.530. The third-order valence-corrected chi connectivity index (χ3v) is 4.14. The number of unbranched alkanes of at least 4 members (excludes halogenated alkanes) is 1. The van der Waals surface area contributed by atoms with Crippen LogP contribution in [-0.2, 0) is 16.0 Å². The van der Waals surface area contributed by atoms with E-state index in [1.807, 2.05) is 26.8 Å². The molecule has 1 aromatic rings. The molecule has 23 heavy (non-hydrogen) atoms. The molecule has 0 aliphatic heterocycles. The van der Waals surface area contributed by atoms with E-state index in [-0.39, 0.29) is 11.7 Å². The molecule has 0 radical (unpaired) electrons. The summed E-state index contributed by atoms with van der Waals surface area (Å²) in [5.41, 5.74) is 0.880. The Morgan fingerprint density at radius 2 is 1.61 bits per heavy atom. The molecule has 1 amide bonds. The van der Waals surface area contributed by atoms with Crippen molar-refractivity contribution in [2.24, 2.45) is 5.41 Å². The number of likely N-dealkylation sites (N-methyl/N-ethyl adjacent to an activating group) is 1. The van der Waals surface area contributed by atoms with Crippen molar-refractivity contribution in [3.8, 4) is 0 Å². The highest BCUT2D eigenvalue weighted by Gasteiger charge is 2.32. The van der Waals surface area contributed by atoms with Gasteiger partial charge in [-0.05, 0) is 24.8 Å². The Morgan fingerprint density at radius 3 is 2.00 bits per heavy atom. The molecule has 130 valence electrons. The molecule has 1 aromatic carbocycles. The standard InChI is InChI=1S/C12H23NO2.C8H10/c1-6-8-9-13(5)11(15)10(14)12(3,4)7-2;1-2-8-6-4-3-5-7-8/h6-9H2,1-5H3;3-7H,2H2,1H3. The van der Waals surface area contributed by atoms with Crippen molar-refractivity contribution in [1.29, 1.82) is 0 Å². The molecule has 0 atom stereocenters. The van der Waals surface area contributed by atoms with Gasteiger partial charge in [-0.15, -0.1) is 0 Å². The second-order valence-corrected chi connectivity index (χ2v) is 6.49. The van der Waals surface area contributed by atoms with E-state index in [4.69, 9.17) is 0 Å². The molecule has 0 aromatic heterocycles. The summed E-state index contributed by atoms with van der Waals surface area (Å²) in [7, 11) is 1.70. The first-order chi connectivity index (χ1) is 10.8. The van der Waals surface area contributed by atoms with Crippen LogP contribution in [0.5, 0.6) is 0 Å². The summed E-state index contributed by atoms with van der Waals surface area (Å²) < 4.78 is 0. The number of Topliss-reactive ketones (excluding diaryl/α,β-unsaturated/α-hetero) is 1. The number of benzene rings is 1. The number of amides is 1. The maximum atomic E-state index is 11.8. The lowest BCUT2D eigenvalue weighted by molar-refractivity contribution is -0.148. The molecule has 0 spiro atoms. The van der Waals surface area contributed by atoms with Gasteiger partial charge in [-0.3, -0.25) is 9.59 Å². The fraction of sp³-hybridized carbons (Fsp3) is 0.600. The fourth-order valence-corrected chi connectivity index (χ4v) is 1.83. The van der Waals surface area contributed by atoms with Crippen LogP contribution in [0.4, 0.5) is 0 Å². The molecule has 0 bridgehead atoms. The summed E-state index contributed by atoms with van der Waals surface area (Å²) in [6.45, 7) is 10.5. The number of aryl methyl sites for hydroxylation is 1. The Bertz CT molecular complexity index is 466. The van der Waals surface area contributed by atoms with Crippen molar-refractivity contribution >= 4 is 11.7 Å². The smallest absolute Gasteiger partial charge is 0.290 e. The molecular weight excluding hydrogens is 286 g/mol. The molecular formula is C20H33NO2. The van der Waals surface area contributed by atoms with E-state index in [0.29, 0.717) is 13.0 Å². The fourth-order valence-electron chi connectivity index (χ4n) is 1.83. The van der Waals surface area contributed by atoms with E-state index in [9.17, 15) is 9.59 Å². The summed E-state index contributed by atoms with van der Waals surface area (Å²) in [5.74, 6) is -0.626. The van der Waals surface area contributed by atoms with E-state index in [1.165, 1.54) is 10.5 Å². The molecule has 0 fully saturated rings. The van der Waals surface area contributed by atoms with Crippen LogP contribution in [0, 0.1) is 5.41 Å². The number of carbonyl (C=O) groups excluding carboxylic acids is 2. The van der Waals surface area contributed by atoms with E-state index in [1.54, 1.807) is 7.05 Å². The van der Waals surface area contributed by atoms with Crippen LogP contribution in [0.2, 0.25) is 0 Å². The quantitative estimate of drug-likeness (QED) is 0.694. The van der Waals surface area contributed by atoms with Crippen LogP contribution in [0.3, 0.4) is 0 Å². The zero-order valence-electron chi connectivity index (χ0n) is 15.7. The van der Waals surface area contributed by atoms with Crippen molar-refractivity contribution in [1.82, 2.24) is 4.90 Å². The number of rotatable bonds is 7. The van der Waals surface area contributed by atoms with E-state index < -0.39 is 5.41 Å². The zero-order valence-corrected chi connectivity index (χ0v) is 15.7. The van der Waals surface area contributed by atoms with Crippen LogP contribution in [-0.4, -0.2) is 30.2 Å². The predicted molar refractivity (Wildman–Crippen MR) is 97.4 cm³/mol. The lowest BCUT2D eigenvalue weighted by Gasteiger charge is -2.24. The van der Waals surface area contributed by atoms with Gasteiger partial charge < -0.3 is 4.90 Å². The Balaban J connectivity index is 0.000000502. The van der Waals surface area contributed by atoms with Crippen molar-refractivity contribution in [2.75, 3.05) is 13.6 Å². The van der Waals surface area contributed by atoms with Crippen LogP contribution < -0.4 is 0 Å². The molecule has 0 aliphatic carbocycles. The molecule has 3 nitrogen and oxygen atoms in total. The number of ketones is 1. The van der Waals surface area contributed by atoms with Crippen molar-refractivity contribution in [2.45, 2.75) is 60.3 Å². The third-order valence-electron chi connectivity index (χ3n) is 4.14. The molecule has 0 heterocycles. The summed E-state index contributed by atoms with van der Waals surface area (Å²) in [6.07, 6.45) is 3.81.